The van der Waals surface area contributed by atoms with Gasteiger partial charge in [0.2, 0.25) is 10.0 Å². The van der Waals surface area contributed by atoms with Gasteiger partial charge in [-0.2, -0.15) is 11.8 Å². The summed E-state index contributed by atoms with van der Waals surface area (Å²) >= 11 is 7.52. The highest BCUT2D eigenvalue weighted by Gasteiger charge is 2.17. The molecule has 1 aromatic carbocycles. The smallest absolute Gasteiger partial charge is 0.236 e. The standard InChI is InChI=1S/C14H17ClN2O2S2/c1-10(7-8-20-2)17-21(18,19)12-4-5-13-11(9-12)3-6-14(15)16-13/h3-6,9-10,17H,7-8H2,1-2H3. The maximum atomic E-state index is 12.4. The van der Waals surface area contributed by atoms with E-state index in [2.05, 4.69) is 9.71 Å². The number of sulfonamides is 1. The molecule has 1 N–H and O–H groups in total. The first-order chi connectivity index (χ1) is 9.92. The van der Waals surface area contributed by atoms with Crippen molar-refractivity contribution in [1.29, 1.82) is 0 Å². The van der Waals surface area contributed by atoms with Gasteiger partial charge in [-0.3, -0.25) is 0 Å². The molecular weight excluding hydrogens is 328 g/mol. The van der Waals surface area contributed by atoms with Gasteiger partial charge in [0.15, 0.2) is 0 Å². The minimum atomic E-state index is -3.51. The van der Waals surface area contributed by atoms with Crippen LogP contribution in [0.3, 0.4) is 0 Å². The molecule has 0 radical (unpaired) electrons. The third kappa shape index (κ3) is 4.32. The SMILES string of the molecule is CSCCC(C)NS(=O)(=O)c1ccc2nc(Cl)ccc2c1. The molecule has 0 saturated heterocycles. The zero-order valence-electron chi connectivity index (χ0n) is 11.8. The molecule has 0 aliphatic carbocycles. The second-order valence-corrected chi connectivity index (χ2v) is 7.88. The fourth-order valence-corrected chi connectivity index (χ4v) is 3.99. The lowest BCUT2D eigenvalue weighted by atomic mass is 10.2. The Morgan fingerprint density at radius 2 is 2.10 bits per heavy atom. The lowest BCUT2D eigenvalue weighted by Crippen LogP contribution is -2.32. The van der Waals surface area contributed by atoms with Crippen molar-refractivity contribution >= 4 is 44.3 Å². The summed E-state index contributed by atoms with van der Waals surface area (Å²) < 4.78 is 27.4. The fourth-order valence-electron chi connectivity index (χ4n) is 1.93. The van der Waals surface area contributed by atoms with E-state index >= 15 is 0 Å². The van der Waals surface area contributed by atoms with E-state index in [1.54, 1.807) is 42.1 Å². The van der Waals surface area contributed by atoms with Crippen LogP contribution >= 0.6 is 23.4 Å². The van der Waals surface area contributed by atoms with Gasteiger partial charge in [-0.25, -0.2) is 18.1 Å². The van der Waals surface area contributed by atoms with Crippen LogP contribution in [0.2, 0.25) is 5.15 Å². The van der Waals surface area contributed by atoms with Gasteiger partial charge in [-0.1, -0.05) is 11.6 Å². The summed E-state index contributed by atoms with van der Waals surface area (Å²) in [5, 5.41) is 1.14. The largest absolute Gasteiger partial charge is 0.240 e. The van der Waals surface area contributed by atoms with Crippen LogP contribution in [0.25, 0.3) is 10.9 Å². The van der Waals surface area contributed by atoms with E-state index in [1.807, 2.05) is 13.2 Å². The van der Waals surface area contributed by atoms with E-state index in [-0.39, 0.29) is 10.9 Å². The summed E-state index contributed by atoms with van der Waals surface area (Å²) in [5.74, 6) is 0.920. The van der Waals surface area contributed by atoms with Gasteiger partial charge >= 0.3 is 0 Å². The lowest BCUT2D eigenvalue weighted by Gasteiger charge is -2.14. The number of hydrogen-bond donors (Lipinski definition) is 1. The number of benzene rings is 1. The Morgan fingerprint density at radius 3 is 2.81 bits per heavy atom. The molecule has 1 aromatic heterocycles. The van der Waals surface area contributed by atoms with Crippen LogP contribution < -0.4 is 4.72 Å². The summed E-state index contributed by atoms with van der Waals surface area (Å²) in [6.07, 6.45) is 2.80. The molecule has 1 heterocycles. The maximum Gasteiger partial charge on any atom is 0.240 e. The number of nitrogens with one attached hydrogen (secondary N) is 1. The Hall–Kier alpha value is -0.820. The van der Waals surface area contributed by atoms with Gasteiger partial charge < -0.3 is 0 Å². The number of halogens is 1. The van der Waals surface area contributed by atoms with E-state index in [1.165, 1.54) is 0 Å². The van der Waals surface area contributed by atoms with Crippen LogP contribution in [0.1, 0.15) is 13.3 Å². The van der Waals surface area contributed by atoms with Crippen molar-refractivity contribution in [1.82, 2.24) is 9.71 Å². The van der Waals surface area contributed by atoms with Crippen molar-refractivity contribution in [2.75, 3.05) is 12.0 Å². The molecule has 0 saturated carbocycles. The average Bonchev–Trinajstić information content (AvgIpc) is 2.44. The Balaban J connectivity index is 2.25. The van der Waals surface area contributed by atoms with E-state index in [4.69, 9.17) is 11.6 Å². The second-order valence-electron chi connectivity index (χ2n) is 4.79. The predicted octanol–water partition coefficient (Wildman–Crippen LogP) is 3.31. The summed E-state index contributed by atoms with van der Waals surface area (Å²) in [7, 11) is -3.51. The Morgan fingerprint density at radius 1 is 1.33 bits per heavy atom. The summed E-state index contributed by atoms with van der Waals surface area (Å²) in [5.41, 5.74) is 0.678. The Kier molecular flexibility index (Phi) is 5.48. The van der Waals surface area contributed by atoms with Crippen molar-refractivity contribution in [2.24, 2.45) is 0 Å². The zero-order valence-corrected chi connectivity index (χ0v) is 14.2. The monoisotopic (exact) mass is 344 g/mol. The minimum absolute atomic E-state index is 0.0958. The van der Waals surface area contributed by atoms with E-state index < -0.39 is 10.0 Å². The third-order valence-electron chi connectivity index (χ3n) is 3.05. The first kappa shape index (κ1) is 16.5. The van der Waals surface area contributed by atoms with Crippen molar-refractivity contribution in [3.63, 3.8) is 0 Å². The molecule has 0 aliphatic heterocycles. The van der Waals surface area contributed by atoms with Crippen LogP contribution in [0.4, 0.5) is 0 Å². The number of hydrogen-bond acceptors (Lipinski definition) is 4. The first-order valence-corrected chi connectivity index (χ1v) is 9.75. The van der Waals surface area contributed by atoms with Crippen molar-refractivity contribution in [2.45, 2.75) is 24.3 Å². The molecule has 2 aromatic rings. The Labute approximate surface area is 134 Å². The number of thioether (sulfide) groups is 1. The molecule has 0 bridgehead atoms. The fraction of sp³-hybridized carbons (Fsp3) is 0.357. The van der Waals surface area contributed by atoms with E-state index in [9.17, 15) is 8.42 Å². The molecule has 0 fully saturated rings. The third-order valence-corrected chi connectivity index (χ3v) is 5.49. The van der Waals surface area contributed by atoms with Gasteiger partial charge in [0, 0.05) is 11.4 Å². The number of rotatable bonds is 6. The molecule has 0 amide bonds. The molecule has 4 nitrogen and oxygen atoms in total. The maximum absolute atomic E-state index is 12.4. The molecule has 114 valence electrons. The van der Waals surface area contributed by atoms with Crippen molar-refractivity contribution in [3.05, 3.63) is 35.5 Å². The van der Waals surface area contributed by atoms with Gasteiger partial charge in [0.05, 0.1) is 10.4 Å². The number of aromatic nitrogens is 1. The van der Waals surface area contributed by atoms with E-state index in [0.29, 0.717) is 10.7 Å². The molecular formula is C14H17ClN2O2S2. The summed E-state index contributed by atoms with van der Waals surface area (Å²) in [4.78, 5) is 4.39. The van der Waals surface area contributed by atoms with Gasteiger partial charge in [-0.05, 0) is 55.7 Å². The average molecular weight is 345 g/mol. The topological polar surface area (TPSA) is 59.1 Å². The predicted molar refractivity (Wildman–Crippen MR) is 89.5 cm³/mol. The van der Waals surface area contributed by atoms with Crippen LogP contribution in [0, 0.1) is 0 Å². The van der Waals surface area contributed by atoms with Crippen molar-refractivity contribution in [3.8, 4) is 0 Å². The Bertz CT molecular complexity index is 735. The van der Waals surface area contributed by atoms with Crippen LogP contribution in [0.5, 0.6) is 0 Å². The zero-order chi connectivity index (χ0) is 15.5. The molecule has 0 aliphatic rings. The number of fused-ring (bicyclic) bond motifs is 1. The highest BCUT2D eigenvalue weighted by Crippen LogP contribution is 2.20. The molecule has 7 heteroatoms. The van der Waals surface area contributed by atoms with E-state index in [0.717, 1.165) is 17.6 Å². The normalized spacial score (nSPS) is 13.5. The lowest BCUT2D eigenvalue weighted by molar-refractivity contribution is 0.557. The number of nitrogens with zero attached hydrogens (tertiary/aromatic N) is 1. The quantitative estimate of drug-likeness (QED) is 0.817. The summed E-state index contributed by atoms with van der Waals surface area (Å²) in [6.45, 7) is 1.87. The van der Waals surface area contributed by atoms with Crippen molar-refractivity contribution < 1.29 is 8.42 Å². The number of pyridine rings is 1. The van der Waals surface area contributed by atoms with Crippen LogP contribution in [-0.2, 0) is 10.0 Å². The summed E-state index contributed by atoms with van der Waals surface area (Å²) in [6, 6.07) is 8.15. The second kappa shape index (κ2) is 6.96. The highest BCUT2D eigenvalue weighted by molar-refractivity contribution is 7.98. The molecule has 1 atom stereocenters. The van der Waals surface area contributed by atoms with Gasteiger partial charge in [0.25, 0.3) is 0 Å². The minimum Gasteiger partial charge on any atom is -0.236 e. The van der Waals surface area contributed by atoms with Crippen LogP contribution in [0.15, 0.2) is 35.2 Å². The molecule has 2 rings (SSSR count). The van der Waals surface area contributed by atoms with Gasteiger partial charge in [-0.15, -0.1) is 0 Å². The molecule has 21 heavy (non-hydrogen) atoms. The first-order valence-electron chi connectivity index (χ1n) is 6.50. The molecule has 0 spiro atoms. The van der Waals surface area contributed by atoms with Gasteiger partial charge in [0.1, 0.15) is 5.15 Å². The molecule has 1 unspecified atom stereocenters. The highest BCUT2D eigenvalue weighted by atomic mass is 35.5. The van der Waals surface area contributed by atoms with Crippen LogP contribution in [-0.4, -0.2) is 31.5 Å².